The number of nitro benzene ring substituents is 1. The van der Waals surface area contributed by atoms with Crippen molar-refractivity contribution in [3.63, 3.8) is 0 Å². The maximum absolute atomic E-state index is 16.8. The number of rotatable bonds is 8. The predicted molar refractivity (Wildman–Crippen MR) is 153 cm³/mol. The molecule has 1 atom stereocenters. The van der Waals surface area contributed by atoms with Gasteiger partial charge < -0.3 is 24.2 Å². The third-order valence-corrected chi connectivity index (χ3v) is 7.20. The smallest absolute Gasteiger partial charge is 0.422 e. The van der Waals surface area contributed by atoms with Gasteiger partial charge in [0.25, 0.3) is 5.69 Å². The topological polar surface area (TPSA) is 120 Å². The summed E-state index contributed by atoms with van der Waals surface area (Å²) in [5.41, 5.74) is -3.89. The molecule has 1 saturated heterocycles. The van der Waals surface area contributed by atoms with Gasteiger partial charge in [0, 0.05) is 37.2 Å². The Bertz CT molecular complexity index is 1860. The van der Waals surface area contributed by atoms with Crippen LogP contribution < -0.4 is 14.4 Å². The van der Waals surface area contributed by atoms with Gasteiger partial charge in [0.1, 0.15) is 22.9 Å². The molecular weight excluding hydrogens is 607 g/mol. The quantitative estimate of drug-likeness (QED) is 0.0833. The monoisotopic (exact) mass is 632 g/mol. The average molecular weight is 633 g/mol. The van der Waals surface area contributed by atoms with Crippen LogP contribution in [0, 0.1) is 34.1 Å². The minimum Gasteiger partial charge on any atom is -0.468 e. The van der Waals surface area contributed by atoms with Crippen molar-refractivity contribution in [2.45, 2.75) is 31.5 Å². The largest absolute Gasteiger partial charge is 0.468 e. The third kappa shape index (κ3) is 6.38. The fourth-order valence-electron chi connectivity index (χ4n) is 5.39. The predicted octanol–water partition coefficient (Wildman–Crippen LogP) is 5.89. The highest BCUT2D eigenvalue weighted by atomic mass is 19.4. The SMILES string of the molecule is C#Cc1c(F)ccc2cc(OCOC)cc(-c3c([N+](=O)[O-])cc4c(N5CCC[C@@](C)(O)C5)nc(OCC(F)(F)F)nc4c3F)c12. The molecule has 1 N–H and O–H groups in total. The van der Waals surface area contributed by atoms with Crippen LogP contribution in [0.1, 0.15) is 25.3 Å². The molecule has 0 aliphatic carbocycles. The van der Waals surface area contributed by atoms with Gasteiger partial charge in [0.05, 0.1) is 27.0 Å². The molecule has 1 fully saturated rings. The van der Waals surface area contributed by atoms with E-state index in [4.69, 9.17) is 20.6 Å². The van der Waals surface area contributed by atoms with E-state index in [-0.39, 0.29) is 58.7 Å². The Labute approximate surface area is 252 Å². The number of benzene rings is 3. The third-order valence-electron chi connectivity index (χ3n) is 7.20. The highest BCUT2D eigenvalue weighted by Gasteiger charge is 2.35. The zero-order valence-electron chi connectivity index (χ0n) is 23.9. The summed E-state index contributed by atoms with van der Waals surface area (Å²) in [5, 5.41) is 23.2. The number of aromatic nitrogens is 2. The molecule has 10 nitrogen and oxygen atoms in total. The highest BCUT2D eigenvalue weighted by Crippen LogP contribution is 2.45. The van der Waals surface area contributed by atoms with E-state index in [0.717, 1.165) is 12.1 Å². The van der Waals surface area contributed by atoms with Crippen molar-refractivity contribution < 1.29 is 46.2 Å². The molecule has 0 radical (unpaired) electrons. The lowest BCUT2D eigenvalue weighted by Crippen LogP contribution is -2.46. The van der Waals surface area contributed by atoms with E-state index in [0.29, 0.717) is 12.8 Å². The fraction of sp³-hybridized carbons (Fsp3) is 0.333. The molecule has 0 amide bonds. The van der Waals surface area contributed by atoms with E-state index in [2.05, 4.69) is 15.9 Å². The maximum atomic E-state index is 16.8. The maximum Gasteiger partial charge on any atom is 0.422 e. The Morgan fingerprint density at radius 2 is 1.96 bits per heavy atom. The lowest BCUT2D eigenvalue weighted by atomic mass is 9.91. The number of hydrogen-bond acceptors (Lipinski definition) is 9. The van der Waals surface area contributed by atoms with Crippen molar-refractivity contribution >= 4 is 33.2 Å². The van der Waals surface area contributed by atoms with Crippen LogP contribution >= 0.6 is 0 Å². The molecule has 236 valence electrons. The lowest BCUT2D eigenvalue weighted by molar-refractivity contribution is -0.384. The number of methoxy groups -OCH3 is 1. The zero-order valence-corrected chi connectivity index (χ0v) is 23.9. The Kier molecular flexibility index (Phi) is 8.39. The molecule has 1 aliphatic rings. The summed E-state index contributed by atoms with van der Waals surface area (Å²) in [4.78, 5) is 21.0. The Morgan fingerprint density at radius 3 is 2.60 bits per heavy atom. The van der Waals surface area contributed by atoms with E-state index in [9.17, 15) is 32.8 Å². The van der Waals surface area contributed by atoms with Crippen LogP contribution in [0.5, 0.6) is 11.8 Å². The number of terminal acetylenes is 1. The first-order valence-electron chi connectivity index (χ1n) is 13.4. The van der Waals surface area contributed by atoms with E-state index in [1.54, 1.807) is 0 Å². The van der Waals surface area contributed by atoms with Gasteiger partial charge in [-0.15, -0.1) is 6.42 Å². The van der Waals surface area contributed by atoms with E-state index in [1.807, 2.05) is 0 Å². The summed E-state index contributed by atoms with van der Waals surface area (Å²) in [6.07, 6.45) is 1.63. The van der Waals surface area contributed by atoms with Gasteiger partial charge in [-0.2, -0.15) is 23.1 Å². The van der Waals surface area contributed by atoms with E-state index < -0.39 is 57.7 Å². The average Bonchev–Trinajstić information content (AvgIpc) is 2.97. The van der Waals surface area contributed by atoms with Crippen LogP contribution in [0.3, 0.4) is 0 Å². The Balaban J connectivity index is 1.87. The molecule has 4 aromatic rings. The van der Waals surface area contributed by atoms with Crippen molar-refractivity contribution in [3.05, 3.63) is 57.6 Å². The molecule has 0 spiro atoms. The number of aliphatic hydroxyl groups is 1. The first kappa shape index (κ1) is 31.6. The van der Waals surface area contributed by atoms with Gasteiger partial charge in [0.2, 0.25) is 0 Å². The molecule has 0 unspecified atom stereocenters. The number of nitrogens with zero attached hydrogens (tertiary/aromatic N) is 4. The molecule has 0 saturated carbocycles. The second kappa shape index (κ2) is 11.9. The number of nitro groups is 1. The first-order chi connectivity index (χ1) is 21.2. The second-order valence-electron chi connectivity index (χ2n) is 10.7. The zero-order chi connectivity index (χ0) is 32.7. The van der Waals surface area contributed by atoms with Crippen molar-refractivity contribution in [2.75, 3.05) is 38.5 Å². The standard InChI is InChI=1S/C30H25F5N4O6/c1-4-18-21(31)7-6-16-10-17(45-15-43-3)11-19(23(16)18)24-22(39(41)42)12-20-26(25(24)32)36-28(44-14-30(33,34)35)37-27(20)38-9-5-8-29(2,40)13-38/h1,6-7,10-12,40H,5,8-9,13-15H2,2-3H3/t29-/m1/s1. The molecular formula is C30H25F5N4O6. The van der Waals surface area contributed by atoms with E-state index in [1.165, 1.54) is 37.1 Å². The number of β-amino-alcohol motifs (C(OH)–C–C–N with tert-alkyl or cyclic N) is 1. The molecule has 3 aromatic carbocycles. The summed E-state index contributed by atoms with van der Waals surface area (Å²) < 4.78 is 86.1. The minimum atomic E-state index is -4.79. The van der Waals surface area contributed by atoms with Crippen LogP contribution in [0.25, 0.3) is 32.8 Å². The van der Waals surface area contributed by atoms with Crippen molar-refractivity contribution in [2.24, 2.45) is 0 Å². The van der Waals surface area contributed by atoms with Crippen molar-refractivity contribution in [3.8, 4) is 35.2 Å². The lowest BCUT2D eigenvalue weighted by Gasteiger charge is -2.38. The fourth-order valence-corrected chi connectivity index (χ4v) is 5.39. The van der Waals surface area contributed by atoms with Crippen LogP contribution in [0.2, 0.25) is 0 Å². The van der Waals surface area contributed by atoms with Crippen LogP contribution in [0.4, 0.5) is 33.5 Å². The van der Waals surface area contributed by atoms with Gasteiger partial charge in [-0.1, -0.05) is 12.0 Å². The molecule has 5 rings (SSSR count). The highest BCUT2D eigenvalue weighted by molar-refractivity contribution is 6.06. The minimum absolute atomic E-state index is 0.0569. The van der Waals surface area contributed by atoms with Crippen LogP contribution in [0.15, 0.2) is 30.3 Å². The molecule has 45 heavy (non-hydrogen) atoms. The van der Waals surface area contributed by atoms with Crippen LogP contribution in [-0.4, -0.2) is 65.4 Å². The van der Waals surface area contributed by atoms with Gasteiger partial charge in [0.15, 0.2) is 19.2 Å². The molecule has 1 aliphatic heterocycles. The van der Waals surface area contributed by atoms with E-state index >= 15 is 4.39 Å². The number of ether oxygens (including phenoxy) is 3. The van der Waals surface area contributed by atoms with Crippen molar-refractivity contribution in [1.82, 2.24) is 9.97 Å². The van der Waals surface area contributed by atoms with Gasteiger partial charge in [-0.05, 0) is 43.4 Å². The van der Waals surface area contributed by atoms with Crippen molar-refractivity contribution in [1.29, 1.82) is 0 Å². The number of anilines is 1. The summed E-state index contributed by atoms with van der Waals surface area (Å²) in [6.45, 7) is -0.343. The second-order valence-corrected chi connectivity index (χ2v) is 10.7. The molecule has 0 bridgehead atoms. The normalized spacial score (nSPS) is 17.0. The summed E-state index contributed by atoms with van der Waals surface area (Å²) in [7, 11) is 1.35. The first-order valence-corrected chi connectivity index (χ1v) is 13.4. The Morgan fingerprint density at radius 1 is 1.20 bits per heavy atom. The summed E-state index contributed by atoms with van der Waals surface area (Å²) >= 11 is 0. The van der Waals surface area contributed by atoms with Gasteiger partial charge in [-0.3, -0.25) is 10.1 Å². The van der Waals surface area contributed by atoms with Gasteiger partial charge in [-0.25, -0.2) is 8.78 Å². The number of piperidine rings is 1. The summed E-state index contributed by atoms with van der Waals surface area (Å²) in [6, 6.07) is 5.19. The molecule has 1 aromatic heterocycles. The summed E-state index contributed by atoms with van der Waals surface area (Å²) in [5.74, 6) is -0.100. The number of alkyl halides is 3. The molecule has 15 heteroatoms. The Hall–Kier alpha value is -4.81. The number of halogens is 5. The molecule has 2 heterocycles. The van der Waals surface area contributed by atoms with Gasteiger partial charge >= 0.3 is 12.2 Å². The number of hydrogen-bond donors (Lipinski definition) is 1. The van der Waals surface area contributed by atoms with Crippen LogP contribution in [-0.2, 0) is 4.74 Å². The number of fused-ring (bicyclic) bond motifs is 2.